The summed E-state index contributed by atoms with van der Waals surface area (Å²) in [6, 6.07) is 6.73. The van der Waals surface area contributed by atoms with Crippen LogP contribution in [0.2, 0.25) is 0 Å². The van der Waals surface area contributed by atoms with Gasteiger partial charge in [-0.2, -0.15) is 0 Å². The predicted molar refractivity (Wildman–Crippen MR) is 56.1 cm³/mol. The zero-order valence-electron chi connectivity index (χ0n) is 8.63. The smallest absolute Gasteiger partial charge is 0.217 e. The van der Waals surface area contributed by atoms with Gasteiger partial charge < -0.3 is 5.32 Å². The number of nitrogens with one attached hydrogen (secondary N) is 1. The highest BCUT2D eigenvalue weighted by Crippen LogP contribution is 2.31. The maximum atomic E-state index is 11.0. The van der Waals surface area contributed by atoms with E-state index in [-0.39, 0.29) is 11.9 Å². The number of hydrogen-bond donors (Lipinski definition) is 1. The van der Waals surface area contributed by atoms with E-state index >= 15 is 0 Å². The number of benzene rings is 1. The van der Waals surface area contributed by atoms with Gasteiger partial charge in [0.1, 0.15) is 0 Å². The van der Waals surface area contributed by atoms with Crippen LogP contribution >= 0.6 is 0 Å². The number of rotatable bonds is 1. The molecule has 0 spiro atoms. The summed E-state index contributed by atoms with van der Waals surface area (Å²) in [6.07, 6.45) is 2.12. The molecule has 2 nitrogen and oxygen atoms in total. The third-order valence-electron chi connectivity index (χ3n) is 2.76. The van der Waals surface area contributed by atoms with Crippen molar-refractivity contribution in [2.45, 2.75) is 32.7 Å². The topological polar surface area (TPSA) is 29.1 Å². The average molecular weight is 189 g/mol. The highest BCUT2D eigenvalue weighted by atomic mass is 16.1. The van der Waals surface area contributed by atoms with Gasteiger partial charge in [-0.15, -0.1) is 0 Å². The number of hydrogen-bond acceptors (Lipinski definition) is 1. The molecule has 0 saturated heterocycles. The maximum Gasteiger partial charge on any atom is 0.217 e. The summed E-state index contributed by atoms with van der Waals surface area (Å²) in [5, 5.41) is 2.99. The van der Waals surface area contributed by atoms with Crippen LogP contribution in [0.3, 0.4) is 0 Å². The number of amides is 1. The van der Waals surface area contributed by atoms with Gasteiger partial charge in [-0.1, -0.05) is 23.8 Å². The highest BCUT2D eigenvalue weighted by Gasteiger charge is 2.22. The molecule has 0 aromatic heterocycles. The quantitative estimate of drug-likeness (QED) is 0.720. The molecule has 1 aliphatic rings. The van der Waals surface area contributed by atoms with E-state index in [9.17, 15) is 4.79 Å². The van der Waals surface area contributed by atoms with Crippen LogP contribution < -0.4 is 5.32 Å². The lowest BCUT2D eigenvalue weighted by Gasteiger charge is -2.12. The minimum atomic E-state index is 0.0596. The molecular formula is C12H15NO. The van der Waals surface area contributed by atoms with E-state index < -0.39 is 0 Å². The summed E-state index contributed by atoms with van der Waals surface area (Å²) in [4.78, 5) is 11.0. The molecule has 1 aromatic rings. The molecule has 0 radical (unpaired) electrons. The highest BCUT2D eigenvalue weighted by molar-refractivity contribution is 5.73. The minimum absolute atomic E-state index is 0.0596. The molecule has 1 aromatic carbocycles. The second-order valence-corrected chi connectivity index (χ2v) is 3.99. The van der Waals surface area contributed by atoms with Crippen LogP contribution in [0, 0.1) is 6.92 Å². The number of carbonyl (C=O) groups excluding carboxylic acids is 1. The predicted octanol–water partition coefficient (Wildman–Crippen LogP) is 2.12. The first-order valence-corrected chi connectivity index (χ1v) is 5.03. The molecule has 2 rings (SSSR count). The molecule has 74 valence electrons. The first kappa shape index (κ1) is 9.25. The largest absolute Gasteiger partial charge is 0.350 e. The van der Waals surface area contributed by atoms with Gasteiger partial charge in [0.2, 0.25) is 5.91 Å². The van der Waals surface area contributed by atoms with Gasteiger partial charge in [-0.25, -0.2) is 0 Å². The lowest BCUT2D eigenvalue weighted by atomic mass is 10.1. The molecular weight excluding hydrogens is 174 g/mol. The van der Waals surface area contributed by atoms with E-state index in [1.807, 2.05) is 0 Å². The summed E-state index contributed by atoms with van der Waals surface area (Å²) < 4.78 is 0. The van der Waals surface area contributed by atoms with Gasteiger partial charge in [0.05, 0.1) is 6.04 Å². The Kier molecular flexibility index (Phi) is 2.28. The van der Waals surface area contributed by atoms with Gasteiger partial charge in [0.25, 0.3) is 0 Å². The van der Waals surface area contributed by atoms with Gasteiger partial charge in [0.15, 0.2) is 0 Å². The fourth-order valence-electron chi connectivity index (χ4n) is 2.12. The van der Waals surface area contributed by atoms with Crippen molar-refractivity contribution in [2.75, 3.05) is 0 Å². The SMILES string of the molecule is CC(=O)NC1CCc2ccc(C)cc21. The second-order valence-electron chi connectivity index (χ2n) is 3.99. The molecule has 2 heteroatoms. The monoisotopic (exact) mass is 189 g/mol. The molecule has 0 fully saturated rings. The summed E-state index contributed by atoms with van der Waals surface area (Å²) in [7, 11) is 0. The molecule has 1 N–H and O–H groups in total. The van der Waals surface area contributed by atoms with Crippen LogP contribution in [0.1, 0.15) is 36.1 Å². The molecule has 1 unspecified atom stereocenters. The van der Waals surface area contributed by atoms with Crippen molar-refractivity contribution >= 4 is 5.91 Å². The van der Waals surface area contributed by atoms with Crippen molar-refractivity contribution in [1.29, 1.82) is 0 Å². The van der Waals surface area contributed by atoms with E-state index in [1.165, 1.54) is 16.7 Å². The fourth-order valence-corrected chi connectivity index (χ4v) is 2.12. The molecule has 0 bridgehead atoms. The van der Waals surface area contributed by atoms with E-state index in [0.717, 1.165) is 12.8 Å². The Hall–Kier alpha value is -1.31. The Morgan fingerprint density at radius 3 is 3.00 bits per heavy atom. The Bertz CT molecular complexity index is 371. The Labute approximate surface area is 84.3 Å². The summed E-state index contributed by atoms with van der Waals surface area (Å²) in [6.45, 7) is 3.66. The average Bonchev–Trinajstić information content (AvgIpc) is 2.47. The summed E-state index contributed by atoms with van der Waals surface area (Å²) >= 11 is 0. The number of carbonyl (C=O) groups is 1. The second kappa shape index (κ2) is 3.45. The first-order valence-electron chi connectivity index (χ1n) is 5.03. The van der Waals surface area contributed by atoms with Crippen molar-refractivity contribution in [1.82, 2.24) is 5.32 Å². The Balaban J connectivity index is 2.28. The van der Waals surface area contributed by atoms with Crippen LogP contribution in [0.5, 0.6) is 0 Å². The molecule has 0 aliphatic heterocycles. The van der Waals surface area contributed by atoms with Crippen LogP contribution in [-0.4, -0.2) is 5.91 Å². The van der Waals surface area contributed by atoms with E-state index in [1.54, 1.807) is 6.92 Å². The third kappa shape index (κ3) is 1.65. The molecule has 0 heterocycles. The van der Waals surface area contributed by atoms with Gasteiger partial charge in [-0.3, -0.25) is 4.79 Å². The van der Waals surface area contributed by atoms with Gasteiger partial charge >= 0.3 is 0 Å². The molecule has 1 atom stereocenters. The number of aryl methyl sites for hydroxylation is 2. The van der Waals surface area contributed by atoms with E-state index in [4.69, 9.17) is 0 Å². The molecule has 0 saturated carbocycles. The normalized spacial score (nSPS) is 19.1. The van der Waals surface area contributed by atoms with E-state index in [0.29, 0.717) is 0 Å². The van der Waals surface area contributed by atoms with Crippen LogP contribution in [0.4, 0.5) is 0 Å². The zero-order valence-corrected chi connectivity index (χ0v) is 8.63. The Morgan fingerprint density at radius 1 is 1.50 bits per heavy atom. The van der Waals surface area contributed by atoms with Gasteiger partial charge in [0, 0.05) is 6.92 Å². The molecule has 1 amide bonds. The molecule has 1 aliphatic carbocycles. The third-order valence-corrected chi connectivity index (χ3v) is 2.76. The number of fused-ring (bicyclic) bond motifs is 1. The zero-order chi connectivity index (χ0) is 10.1. The summed E-state index contributed by atoms with van der Waals surface area (Å²) in [5.41, 5.74) is 3.95. The Morgan fingerprint density at radius 2 is 2.29 bits per heavy atom. The van der Waals surface area contributed by atoms with Crippen LogP contribution in [-0.2, 0) is 11.2 Å². The van der Waals surface area contributed by atoms with Crippen LogP contribution in [0.15, 0.2) is 18.2 Å². The van der Waals surface area contributed by atoms with Crippen molar-refractivity contribution < 1.29 is 4.79 Å². The van der Waals surface area contributed by atoms with Crippen molar-refractivity contribution in [2.24, 2.45) is 0 Å². The maximum absolute atomic E-state index is 11.0. The summed E-state index contributed by atoms with van der Waals surface area (Å²) in [5.74, 6) is 0.0596. The van der Waals surface area contributed by atoms with Crippen molar-refractivity contribution in [3.8, 4) is 0 Å². The van der Waals surface area contributed by atoms with Crippen molar-refractivity contribution in [3.05, 3.63) is 34.9 Å². The van der Waals surface area contributed by atoms with E-state index in [2.05, 4.69) is 30.4 Å². The first-order chi connectivity index (χ1) is 6.66. The van der Waals surface area contributed by atoms with Gasteiger partial charge in [-0.05, 0) is 30.9 Å². The van der Waals surface area contributed by atoms with Crippen LogP contribution in [0.25, 0.3) is 0 Å². The standard InChI is InChI=1S/C12H15NO/c1-8-3-4-10-5-6-12(11(10)7-8)13-9(2)14/h3-4,7,12H,5-6H2,1-2H3,(H,13,14). The lowest BCUT2D eigenvalue weighted by Crippen LogP contribution is -2.24. The van der Waals surface area contributed by atoms with Crippen molar-refractivity contribution in [3.63, 3.8) is 0 Å². The lowest BCUT2D eigenvalue weighted by molar-refractivity contribution is -0.119. The fraction of sp³-hybridized carbons (Fsp3) is 0.417. The minimum Gasteiger partial charge on any atom is -0.350 e. The molecule has 14 heavy (non-hydrogen) atoms.